The summed E-state index contributed by atoms with van der Waals surface area (Å²) >= 11 is 0. The molecule has 4 heterocycles. The van der Waals surface area contributed by atoms with Gasteiger partial charge in [0.1, 0.15) is 5.65 Å². The minimum absolute atomic E-state index is 0.132. The molecule has 0 aromatic carbocycles. The maximum Gasteiger partial charge on any atom is 0.267 e. The van der Waals surface area contributed by atoms with Crippen LogP contribution in [0, 0.1) is 11.7 Å². The van der Waals surface area contributed by atoms with Crippen molar-refractivity contribution < 1.29 is 13.2 Å². The molecular weight excluding hydrogens is 357 g/mol. The summed E-state index contributed by atoms with van der Waals surface area (Å²) in [5, 5.41) is 3.29. The number of rotatable bonds is 5. The molecular formula is C18H15F3N6. The van der Waals surface area contributed by atoms with Crippen molar-refractivity contribution in [2.24, 2.45) is 5.92 Å². The van der Waals surface area contributed by atoms with Gasteiger partial charge in [0.15, 0.2) is 11.5 Å². The molecule has 0 bridgehead atoms. The van der Waals surface area contributed by atoms with Crippen molar-refractivity contribution in [1.29, 1.82) is 0 Å². The fourth-order valence-corrected chi connectivity index (χ4v) is 3.22. The van der Waals surface area contributed by atoms with Gasteiger partial charge in [-0.1, -0.05) is 0 Å². The number of nitrogens with one attached hydrogen (secondary N) is 2. The van der Waals surface area contributed by atoms with E-state index in [9.17, 15) is 13.2 Å². The fraction of sp³-hybridized carbons (Fsp3) is 0.278. The number of pyridine rings is 1. The zero-order chi connectivity index (χ0) is 18.6. The lowest BCUT2D eigenvalue weighted by molar-refractivity contribution is -0.00831. The SMILES string of the molecule is Fc1cc(-c2c[nH]c3nc(NCC(F)(F)C4CC4)ncc23)cn2ccnc12. The van der Waals surface area contributed by atoms with Crippen LogP contribution in [-0.2, 0) is 0 Å². The van der Waals surface area contributed by atoms with E-state index >= 15 is 0 Å². The standard InChI is InChI=1S/C18H15F3N6/c19-14-5-10(8-27-4-3-22-16(14)27)12-6-23-15-13(12)7-24-17(26-15)25-9-18(20,21)11-1-2-11/h3-8,11H,1-2,9H2,(H2,23,24,25,26). The van der Waals surface area contributed by atoms with Crippen molar-refractivity contribution in [1.82, 2.24) is 24.3 Å². The van der Waals surface area contributed by atoms with Crippen LogP contribution in [-0.4, -0.2) is 36.8 Å². The van der Waals surface area contributed by atoms with Crippen molar-refractivity contribution in [3.63, 3.8) is 0 Å². The van der Waals surface area contributed by atoms with E-state index in [1.54, 1.807) is 29.2 Å². The molecule has 1 saturated carbocycles. The molecule has 4 aromatic heterocycles. The van der Waals surface area contributed by atoms with Crippen LogP contribution < -0.4 is 5.32 Å². The lowest BCUT2D eigenvalue weighted by Crippen LogP contribution is -2.29. The molecule has 138 valence electrons. The Balaban J connectivity index is 1.46. The van der Waals surface area contributed by atoms with Gasteiger partial charge in [0.05, 0.1) is 6.54 Å². The molecule has 9 heteroatoms. The summed E-state index contributed by atoms with van der Waals surface area (Å²) in [7, 11) is 0. The zero-order valence-electron chi connectivity index (χ0n) is 14.1. The van der Waals surface area contributed by atoms with Gasteiger partial charge in [-0.3, -0.25) is 0 Å². The number of aromatic amines is 1. The highest BCUT2D eigenvalue weighted by Gasteiger charge is 2.46. The number of imidazole rings is 1. The summed E-state index contributed by atoms with van der Waals surface area (Å²) in [5.41, 5.74) is 2.09. The molecule has 5 rings (SSSR count). The highest BCUT2D eigenvalue weighted by molar-refractivity contribution is 5.93. The molecule has 0 spiro atoms. The average Bonchev–Trinajstić information content (AvgIpc) is 3.27. The first-order chi connectivity index (χ1) is 13.0. The van der Waals surface area contributed by atoms with Gasteiger partial charge in [0, 0.05) is 53.4 Å². The van der Waals surface area contributed by atoms with Gasteiger partial charge >= 0.3 is 0 Å². The molecule has 0 atom stereocenters. The predicted octanol–water partition coefficient (Wildman–Crippen LogP) is 3.87. The maximum atomic E-state index is 14.2. The molecule has 0 aliphatic heterocycles. The third-order valence-corrected chi connectivity index (χ3v) is 4.84. The maximum absolute atomic E-state index is 14.2. The first-order valence-electron chi connectivity index (χ1n) is 8.60. The first-order valence-corrected chi connectivity index (χ1v) is 8.60. The second-order valence-corrected chi connectivity index (χ2v) is 6.78. The second-order valence-electron chi connectivity index (χ2n) is 6.78. The summed E-state index contributed by atoms with van der Waals surface area (Å²) in [6.45, 7) is -0.487. The van der Waals surface area contributed by atoms with Crippen LogP contribution in [0.1, 0.15) is 12.8 Å². The fourth-order valence-electron chi connectivity index (χ4n) is 3.22. The van der Waals surface area contributed by atoms with Crippen LogP contribution in [0.5, 0.6) is 0 Å². The molecule has 1 fully saturated rings. The first kappa shape index (κ1) is 16.1. The third kappa shape index (κ3) is 2.79. The number of aromatic nitrogens is 5. The van der Waals surface area contributed by atoms with Gasteiger partial charge in [0.2, 0.25) is 5.95 Å². The van der Waals surface area contributed by atoms with E-state index in [-0.39, 0.29) is 11.6 Å². The van der Waals surface area contributed by atoms with Crippen LogP contribution in [0.2, 0.25) is 0 Å². The Bertz CT molecular complexity index is 1140. The number of hydrogen-bond acceptors (Lipinski definition) is 4. The Morgan fingerprint density at radius 1 is 1.30 bits per heavy atom. The number of halogens is 3. The zero-order valence-corrected chi connectivity index (χ0v) is 14.1. The predicted molar refractivity (Wildman–Crippen MR) is 94.2 cm³/mol. The lowest BCUT2D eigenvalue weighted by atomic mass is 10.1. The van der Waals surface area contributed by atoms with Crippen molar-refractivity contribution in [2.75, 3.05) is 11.9 Å². The molecule has 27 heavy (non-hydrogen) atoms. The number of alkyl halides is 2. The van der Waals surface area contributed by atoms with E-state index in [0.29, 0.717) is 29.4 Å². The summed E-state index contributed by atoms with van der Waals surface area (Å²) in [6.07, 6.45) is 9.31. The topological polar surface area (TPSA) is 70.9 Å². The molecule has 0 unspecified atom stereocenters. The van der Waals surface area contributed by atoms with E-state index in [2.05, 4.69) is 25.3 Å². The number of fused-ring (bicyclic) bond motifs is 2. The summed E-state index contributed by atoms with van der Waals surface area (Å²) in [4.78, 5) is 15.3. The minimum atomic E-state index is -2.75. The van der Waals surface area contributed by atoms with Crippen LogP contribution in [0.25, 0.3) is 27.8 Å². The van der Waals surface area contributed by atoms with E-state index < -0.39 is 24.2 Å². The van der Waals surface area contributed by atoms with Crippen molar-refractivity contribution in [3.8, 4) is 11.1 Å². The second kappa shape index (κ2) is 5.70. The Morgan fingerprint density at radius 3 is 2.96 bits per heavy atom. The Kier molecular flexibility index (Phi) is 3.40. The van der Waals surface area contributed by atoms with E-state index in [0.717, 1.165) is 5.56 Å². The van der Waals surface area contributed by atoms with Crippen LogP contribution in [0.4, 0.5) is 19.1 Å². The Hall–Kier alpha value is -3.10. The van der Waals surface area contributed by atoms with Crippen LogP contribution in [0.15, 0.2) is 37.1 Å². The molecule has 0 radical (unpaired) electrons. The molecule has 2 N–H and O–H groups in total. The molecule has 6 nitrogen and oxygen atoms in total. The summed E-state index contributed by atoms with van der Waals surface area (Å²) < 4.78 is 43.4. The number of nitrogens with zero attached hydrogens (tertiary/aromatic N) is 4. The third-order valence-electron chi connectivity index (χ3n) is 4.84. The minimum Gasteiger partial charge on any atom is -0.348 e. The molecule has 4 aromatic rings. The smallest absolute Gasteiger partial charge is 0.267 e. The van der Waals surface area contributed by atoms with Crippen molar-refractivity contribution in [3.05, 3.63) is 42.9 Å². The quantitative estimate of drug-likeness (QED) is 0.558. The summed E-state index contributed by atoms with van der Waals surface area (Å²) in [6, 6.07) is 1.40. The largest absolute Gasteiger partial charge is 0.348 e. The van der Waals surface area contributed by atoms with Crippen molar-refractivity contribution >= 4 is 22.6 Å². The average molecular weight is 372 g/mol. The highest BCUT2D eigenvalue weighted by atomic mass is 19.3. The highest BCUT2D eigenvalue weighted by Crippen LogP contribution is 2.43. The molecule has 1 aliphatic carbocycles. The van der Waals surface area contributed by atoms with Crippen LogP contribution in [0.3, 0.4) is 0 Å². The van der Waals surface area contributed by atoms with E-state index in [4.69, 9.17) is 0 Å². The molecule has 0 amide bonds. The Morgan fingerprint density at radius 2 is 2.15 bits per heavy atom. The van der Waals surface area contributed by atoms with Gasteiger partial charge in [-0.25, -0.2) is 23.1 Å². The van der Waals surface area contributed by atoms with Gasteiger partial charge in [-0.05, 0) is 18.9 Å². The number of anilines is 1. The van der Waals surface area contributed by atoms with Gasteiger partial charge in [-0.2, -0.15) is 4.98 Å². The number of hydrogen-bond donors (Lipinski definition) is 2. The van der Waals surface area contributed by atoms with Crippen LogP contribution >= 0.6 is 0 Å². The van der Waals surface area contributed by atoms with Gasteiger partial charge in [0.25, 0.3) is 5.92 Å². The van der Waals surface area contributed by atoms with Crippen molar-refractivity contribution in [2.45, 2.75) is 18.8 Å². The molecule has 0 saturated heterocycles. The number of H-pyrrole nitrogens is 1. The summed E-state index contributed by atoms with van der Waals surface area (Å²) in [5.74, 6) is -3.60. The lowest BCUT2D eigenvalue weighted by Gasteiger charge is -2.15. The monoisotopic (exact) mass is 372 g/mol. The van der Waals surface area contributed by atoms with E-state index in [1.165, 1.54) is 12.3 Å². The molecule has 1 aliphatic rings. The van der Waals surface area contributed by atoms with E-state index in [1.807, 2.05) is 0 Å². The normalized spacial score (nSPS) is 14.9. The Labute approximate surface area is 151 Å². The van der Waals surface area contributed by atoms with Gasteiger partial charge < -0.3 is 14.7 Å². The van der Waals surface area contributed by atoms with Gasteiger partial charge in [-0.15, -0.1) is 0 Å².